The van der Waals surface area contributed by atoms with E-state index in [-0.39, 0.29) is 29.3 Å². The van der Waals surface area contributed by atoms with Crippen LogP contribution in [-0.2, 0) is 4.79 Å². The fraction of sp³-hybridized carbons (Fsp3) is 0.278. The maximum Gasteiger partial charge on any atom is 0.387 e. The fourth-order valence-corrected chi connectivity index (χ4v) is 2.60. The van der Waals surface area contributed by atoms with Crippen molar-refractivity contribution in [2.24, 2.45) is 0 Å². The normalized spacial score (nSPS) is 11.8. The third-order valence-electron chi connectivity index (χ3n) is 3.58. The Morgan fingerprint density at radius 2 is 1.92 bits per heavy atom. The van der Waals surface area contributed by atoms with E-state index in [1.54, 1.807) is 7.11 Å². The van der Waals surface area contributed by atoms with Crippen molar-refractivity contribution in [2.75, 3.05) is 19.0 Å². The number of amides is 1. The number of halogens is 3. The lowest BCUT2D eigenvalue weighted by Gasteiger charge is -2.17. The molecule has 0 aliphatic heterocycles. The molecule has 0 saturated heterocycles. The first-order valence-electron chi connectivity index (χ1n) is 7.81. The zero-order valence-corrected chi connectivity index (χ0v) is 15.0. The molecule has 0 spiro atoms. The molecule has 2 aromatic carbocycles. The average Bonchev–Trinajstić information content (AvgIpc) is 2.61. The summed E-state index contributed by atoms with van der Waals surface area (Å²) >= 11 is 5.87. The van der Waals surface area contributed by atoms with Crippen molar-refractivity contribution in [1.82, 2.24) is 5.32 Å². The lowest BCUT2D eigenvalue weighted by atomic mass is 10.1. The molecule has 2 aromatic rings. The number of rotatable bonds is 8. The van der Waals surface area contributed by atoms with Crippen molar-refractivity contribution in [3.8, 4) is 11.5 Å². The summed E-state index contributed by atoms with van der Waals surface area (Å²) in [6, 6.07) is 11.4. The number of para-hydroxylation sites is 1. The zero-order chi connectivity index (χ0) is 19.1. The number of hydrogen-bond donors (Lipinski definition) is 2. The maximum absolute atomic E-state index is 12.2. The number of carbonyl (C=O) groups excluding carboxylic acids is 1. The van der Waals surface area contributed by atoms with Gasteiger partial charge in [0, 0.05) is 11.3 Å². The van der Waals surface area contributed by atoms with Gasteiger partial charge in [-0.25, -0.2) is 0 Å². The van der Waals surface area contributed by atoms with Gasteiger partial charge in [0.05, 0.1) is 24.7 Å². The summed E-state index contributed by atoms with van der Waals surface area (Å²) in [6.45, 7) is -1.11. The zero-order valence-electron chi connectivity index (χ0n) is 14.3. The van der Waals surface area contributed by atoms with Gasteiger partial charge in [-0.05, 0) is 31.2 Å². The van der Waals surface area contributed by atoms with E-state index in [0.29, 0.717) is 11.4 Å². The number of anilines is 1. The third-order valence-corrected chi connectivity index (χ3v) is 3.88. The molecule has 1 atom stereocenters. The molecule has 0 fully saturated rings. The van der Waals surface area contributed by atoms with E-state index in [2.05, 4.69) is 15.4 Å². The van der Waals surface area contributed by atoms with E-state index in [9.17, 15) is 13.6 Å². The van der Waals surface area contributed by atoms with Gasteiger partial charge in [0.1, 0.15) is 11.5 Å². The monoisotopic (exact) mass is 384 g/mol. The summed E-state index contributed by atoms with van der Waals surface area (Å²) in [5.41, 5.74) is 1.37. The van der Waals surface area contributed by atoms with Gasteiger partial charge in [-0.2, -0.15) is 8.78 Å². The molecule has 26 heavy (non-hydrogen) atoms. The lowest BCUT2D eigenvalue weighted by Crippen LogP contribution is -2.32. The van der Waals surface area contributed by atoms with Crippen LogP contribution >= 0.6 is 11.6 Å². The van der Waals surface area contributed by atoms with Crippen LogP contribution in [0, 0.1) is 0 Å². The number of carbonyl (C=O) groups is 1. The summed E-state index contributed by atoms with van der Waals surface area (Å²) in [4.78, 5) is 12.1. The summed E-state index contributed by atoms with van der Waals surface area (Å²) in [5.74, 6) is 0.323. The summed E-state index contributed by atoms with van der Waals surface area (Å²) in [7, 11) is 1.57. The minimum Gasteiger partial charge on any atom is -0.496 e. The van der Waals surface area contributed by atoms with Crippen molar-refractivity contribution >= 4 is 23.2 Å². The van der Waals surface area contributed by atoms with Crippen LogP contribution in [0.3, 0.4) is 0 Å². The van der Waals surface area contributed by atoms with Crippen molar-refractivity contribution < 1.29 is 23.0 Å². The topological polar surface area (TPSA) is 59.6 Å². The first kappa shape index (κ1) is 19.8. The minimum atomic E-state index is -2.95. The molecular weight excluding hydrogens is 366 g/mol. The summed E-state index contributed by atoms with van der Waals surface area (Å²) in [5, 5.41) is 5.76. The maximum atomic E-state index is 12.2. The Kier molecular flexibility index (Phi) is 7.03. The molecule has 2 rings (SSSR count). The number of benzene rings is 2. The third kappa shape index (κ3) is 5.49. The summed E-state index contributed by atoms with van der Waals surface area (Å²) in [6.07, 6.45) is 0. The fourth-order valence-electron chi connectivity index (χ4n) is 2.38. The molecule has 0 radical (unpaired) electrons. The van der Waals surface area contributed by atoms with E-state index in [4.69, 9.17) is 16.3 Å². The number of methoxy groups -OCH3 is 1. The summed E-state index contributed by atoms with van der Waals surface area (Å²) < 4.78 is 34.0. The highest BCUT2D eigenvalue weighted by atomic mass is 35.5. The molecule has 0 aliphatic rings. The van der Waals surface area contributed by atoms with Crippen LogP contribution in [0.2, 0.25) is 5.02 Å². The van der Waals surface area contributed by atoms with Crippen LogP contribution < -0.4 is 20.1 Å². The molecule has 0 aliphatic carbocycles. The van der Waals surface area contributed by atoms with Crippen LogP contribution in [0.15, 0.2) is 42.5 Å². The van der Waals surface area contributed by atoms with Crippen molar-refractivity contribution in [2.45, 2.75) is 19.6 Å². The van der Waals surface area contributed by atoms with E-state index >= 15 is 0 Å². The highest BCUT2D eigenvalue weighted by Gasteiger charge is 2.14. The van der Waals surface area contributed by atoms with Crippen molar-refractivity contribution in [1.29, 1.82) is 0 Å². The van der Waals surface area contributed by atoms with Gasteiger partial charge < -0.3 is 20.1 Å². The van der Waals surface area contributed by atoms with E-state index < -0.39 is 6.61 Å². The van der Waals surface area contributed by atoms with Gasteiger partial charge in [-0.3, -0.25) is 4.79 Å². The Bertz CT molecular complexity index is 759. The number of alkyl halides is 2. The Balaban J connectivity index is 1.91. The first-order chi connectivity index (χ1) is 12.4. The largest absolute Gasteiger partial charge is 0.496 e. The van der Waals surface area contributed by atoms with E-state index in [0.717, 1.165) is 5.56 Å². The quantitative estimate of drug-likeness (QED) is 0.714. The lowest BCUT2D eigenvalue weighted by molar-refractivity contribution is -0.120. The van der Waals surface area contributed by atoms with Gasteiger partial charge in [0.25, 0.3) is 0 Å². The highest BCUT2D eigenvalue weighted by molar-refractivity contribution is 6.32. The Labute approximate surface area is 155 Å². The predicted molar refractivity (Wildman–Crippen MR) is 96.1 cm³/mol. The minimum absolute atomic E-state index is 0.00906. The molecule has 5 nitrogen and oxygen atoms in total. The molecule has 0 saturated carbocycles. The molecule has 0 aromatic heterocycles. The Morgan fingerprint density at radius 1 is 1.19 bits per heavy atom. The predicted octanol–water partition coefficient (Wildman–Crippen LogP) is 4.24. The van der Waals surface area contributed by atoms with E-state index in [1.165, 1.54) is 18.2 Å². The molecule has 8 heteroatoms. The van der Waals surface area contributed by atoms with Crippen molar-refractivity contribution in [3.05, 3.63) is 53.1 Å². The second kappa shape index (κ2) is 9.24. The van der Waals surface area contributed by atoms with Crippen LogP contribution in [0.4, 0.5) is 14.5 Å². The SMILES string of the molecule is COc1ccccc1C(C)NC(=O)CNc1ccc(OC(F)F)c(Cl)c1. The van der Waals surface area contributed by atoms with Gasteiger partial charge in [-0.15, -0.1) is 0 Å². The second-order valence-corrected chi connectivity index (χ2v) is 5.82. The molecule has 140 valence electrons. The molecule has 0 bridgehead atoms. The first-order valence-corrected chi connectivity index (χ1v) is 8.19. The Morgan fingerprint density at radius 3 is 2.58 bits per heavy atom. The number of hydrogen-bond acceptors (Lipinski definition) is 4. The molecule has 1 amide bonds. The van der Waals surface area contributed by atoms with Crippen molar-refractivity contribution in [3.63, 3.8) is 0 Å². The number of ether oxygens (including phenoxy) is 2. The Hall–Kier alpha value is -2.54. The van der Waals surface area contributed by atoms with Crippen LogP contribution in [0.5, 0.6) is 11.5 Å². The van der Waals surface area contributed by atoms with Gasteiger partial charge in [-0.1, -0.05) is 29.8 Å². The molecule has 1 unspecified atom stereocenters. The molecule has 0 heterocycles. The van der Waals surface area contributed by atoms with Crippen LogP contribution in [-0.4, -0.2) is 26.2 Å². The standard InChI is InChI=1S/C18H19ClF2N2O3/c1-11(13-5-3-4-6-15(13)25-2)23-17(24)10-22-12-7-8-16(14(19)9-12)26-18(20)21/h3-9,11,18,22H,10H2,1-2H3,(H,23,24). The van der Waals surface area contributed by atoms with E-state index in [1.807, 2.05) is 31.2 Å². The second-order valence-electron chi connectivity index (χ2n) is 5.41. The molecule has 2 N–H and O–H groups in total. The highest BCUT2D eigenvalue weighted by Crippen LogP contribution is 2.29. The van der Waals surface area contributed by atoms with Crippen LogP contribution in [0.25, 0.3) is 0 Å². The average molecular weight is 385 g/mol. The van der Waals surface area contributed by atoms with Gasteiger partial charge in [0.15, 0.2) is 0 Å². The van der Waals surface area contributed by atoms with Crippen LogP contribution in [0.1, 0.15) is 18.5 Å². The molecular formula is C18H19ClF2N2O3. The van der Waals surface area contributed by atoms with Gasteiger partial charge >= 0.3 is 6.61 Å². The van der Waals surface area contributed by atoms with Gasteiger partial charge in [0.2, 0.25) is 5.91 Å². The number of nitrogens with one attached hydrogen (secondary N) is 2. The smallest absolute Gasteiger partial charge is 0.387 e.